The molecule has 1 atom stereocenters. The molecule has 0 radical (unpaired) electrons. The van der Waals surface area contributed by atoms with Gasteiger partial charge in [0.15, 0.2) is 0 Å². The van der Waals surface area contributed by atoms with Crippen LogP contribution >= 0.6 is 0 Å². The third-order valence-electron chi connectivity index (χ3n) is 3.64. The van der Waals surface area contributed by atoms with E-state index in [-0.39, 0.29) is 5.92 Å². The molecule has 1 fully saturated rings. The highest BCUT2D eigenvalue weighted by Gasteiger charge is 2.32. The Morgan fingerprint density at radius 3 is 2.56 bits per heavy atom. The summed E-state index contributed by atoms with van der Waals surface area (Å²) in [5.74, 6) is 0.231. The minimum atomic E-state index is -4.24. The first-order chi connectivity index (χ1) is 8.38. The van der Waals surface area contributed by atoms with Gasteiger partial charge < -0.3 is 4.90 Å². The van der Waals surface area contributed by atoms with Crippen LogP contribution in [0, 0.1) is 0 Å². The van der Waals surface area contributed by atoms with Gasteiger partial charge in [-0.2, -0.15) is 13.2 Å². The van der Waals surface area contributed by atoms with Crippen molar-refractivity contribution in [2.45, 2.75) is 38.4 Å². The van der Waals surface area contributed by atoms with Gasteiger partial charge in [-0.1, -0.05) is 18.2 Å². The van der Waals surface area contributed by atoms with E-state index in [4.69, 9.17) is 0 Å². The van der Waals surface area contributed by atoms with Gasteiger partial charge in [0.25, 0.3) is 0 Å². The first-order valence-corrected chi connectivity index (χ1v) is 6.29. The van der Waals surface area contributed by atoms with Crippen molar-refractivity contribution in [1.82, 2.24) is 4.90 Å². The first-order valence-electron chi connectivity index (χ1n) is 6.29. The lowest BCUT2D eigenvalue weighted by Gasteiger charge is -2.20. The second-order valence-corrected chi connectivity index (χ2v) is 5.20. The summed E-state index contributed by atoms with van der Waals surface area (Å²) >= 11 is 0. The highest BCUT2D eigenvalue weighted by molar-refractivity contribution is 5.29. The molecule has 1 aliphatic heterocycles. The molecular weight excluding hydrogens is 239 g/mol. The standard InChI is InChI=1S/C14H18F3N/c1-10(2)18-7-6-12(9-18)11-4-3-5-13(8-11)14(15,16)17/h3-5,8,10,12H,6-7,9H2,1-2H3. The van der Waals surface area contributed by atoms with Gasteiger partial charge in [-0.05, 0) is 44.4 Å². The molecule has 0 N–H and O–H groups in total. The van der Waals surface area contributed by atoms with Crippen LogP contribution in [0.25, 0.3) is 0 Å². The maximum absolute atomic E-state index is 12.6. The molecule has 0 saturated carbocycles. The molecule has 1 aliphatic rings. The van der Waals surface area contributed by atoms with Crippen LogP contribution in [0.5, 0.6) is 0 Å². The van der Waals surface area contributed by atoms with Gasteiger partial charge in [0, 0.05) is 12.6 Å². The molecular formula is C14H18F3N. The molecule has 18 heavy (non-hydrogen) atoms. The van der Waals surface area contributed by atoms with Gasteiger partial charge in [0.2, 0.25) is 0 Å². The van der Waals surface area contributed by atoms with Gasteiger partial charge >= 0.3 is 6.18 Å². The first kappa shape index (κ1) is 13.4. The minimum Gasteiger partial charge on any atom is -0.300 e. The maximum atomic E-state index is 12.6. The summed E-state index contributed by atoms with van der Waals surface area (Å²) in [6, 6.07) is 6.22. The second-order valence-electron chi connectivity index (χ2n) is 5.20. The number of hydrogen-bond acceptors (Lipinski definition) is 1. The summed E-state index contributed by atoms with van der Waals surface area (Å²) in [5, 5.41) is 0. The third-order valence-corrected chi connectivity index (χ3v) is 3.64. The van der Waals surface area contributed by atoms with Gasteiger partial charge in [-0.3, -0.25) is 0 Å². The molecule has 1 unspecified atom stereocenters. The van der Waals surface area contributed by atoms with Crippen molar-refractivity contribution < 1.29 is 13.2 Å². The monoisotopic (exact) mass is 257 g/mol. The summed E-state index contributed by atoms with van der Waals surface area (Å²) in [5.41, 5.74) is 0.274. The van der Waals surface area contributed by atoms with Crippen LogP contribution in [0.15, 0.2) is 24.3 Å². The highest BCUT2D eigenvalue weighted by Crippen LogP contribution is 2.34. The van der Waals surface area contributed by atoms with E-state index >= 15 is 0 Å². The lowest BCUT2D eigenvalue weighted by molar-refractivity contribution is -0.137. The Kier molecular flexibility index (Phi) is 3.66. The van der Waals surface area contributed by atoms with E-state index in [0.717, 1.165) is 31.1 Å². The maximum Gasteiger partial charge on any atom is 0.416 e. The molecule has 1 saturated heterocycles. The molecule has 1 aromatic rings. The van der Waals surface area contributed by atoms with Gasteiger partial charge in [-0.15, -0.1) is 0 Å². The zero-order valence-electron chi connectivity index (χ0n) is 10.7. The molecule has 0 spiro atoms. The topological polar surface area (TPSA) is 3.24 Å². The highest BCUT2D eigenvalue weighted by atomic mass is 19.4. The Hall–Kier alpha value is -1.03. The van der Waals surface area contributed by atoms with E-state index in [0.29, 0.717) is 6.04 Å². The van der Waals surface area contributed by atoms with Crippen LogP contribution in [0.1, 0.15) is 37.3 Å². The predicted octanol–water partition coefficient (Wildman–Crippen LogP) is 3.90. The largest absolute Gasteiger partial charge is 0.416 e. The van der Waals surface area contributed by atoms with Gasteiger partial charge in [0.05, 0.1) is 5.56 Å². The summed E-state index contributed by atoms with van der Waals surface area (Å²) < 4.78 is 37.9. The Labute approximate surface area is 106 Å². The average molecular weight is 257 g/mol. The van der Waals surface area contributed by atoms with Crippen molar-refractivity contribution in [3.05, 3.63) is 35.4 Å². The number of alkyl halides is 3. The number of nitrogens with zero attached hydrogens (tertiary/aromatic N) is 1. The minimum absolute atomic E-state index is 0.231. The Morgan fingerprint density at radius 2 is 2.00 bits per heavy atom. The number of likely N-dealkylation sites (tertiary alicyclic amines) is 1. The summed E-state index contributed by atoms with van der Waals surface area (Å²) in [6.07, 6.45) is -3.30. The van der Waals surface area contributed by atoms with Crippen molar-refractivity contribution in [2.75, 3.05) is 13.1 Å². The normalized spacial score (nSPS) is 21.8. The molecule has 1 nitrogen and oxygen atoms in total. The van der Waals surface area contributed by atoms with Gasteiger partial charge in [-0.25, -0.2) is 0 Å². The lowest BCUT2D eigenvalue weighted by atomic mass is 9.96. The molecule has 4 heteroatoms. The van der Waals surface area contributed by atoms with Crippen LogP contribution in [0.3, 0.4) is 0 Å². The van der Waals surface area contributed by atoms with Crippen molar-refractivity contribution in [3.8, 4) is 0 Å². The van der Waals surface area contributed by atoms with E-state index in [1.165, 1.54) is 12.1 Å². The molecule has 0 aromatic heterocycles. The van der Waals surface area contributed by atoms with Crippen LogP contribution < -0.4 is 0 Å². The number of hydrogen-bond donors (Lipinski definition) is 0. The fourth-order valence-corrected chi connectivity index (χ4v) is 2.50. The molecule has 0 bridgehead atoms. The van der Waals surface area contributed by atoms with Gasteiger partial charge in [0.1, 0.15) is 0 Å². The third kappa shape index (κ3) is 2.86. The molecule has 1 heterocycles. The van der Waals surface area contributed by atoms with E-state index in [9.17, 15) is 13.2 Å². The Bertz CT molecular complexity index is 412. The zero-order valence-corrected chi connectivity index (χ0v) is 10.7. The number of halogens is 3. The number of rotatable bonds is 2. The average Bonchev–Trinajstić information content (AvgIpc) is 2.77. The Balaban J connectivity index is 2.15. The molecule has 100 valence electrons. The van der Waals surface area contributed by atoms with Crippen LogP contribution in [0.2, 0.25) is 0 Å². The van der Waals surface area contributed by atoms with Crippen LogP contribution in [0.4, 0.5) is 13.2 Å². The molecule has 0 aliphatic carbocycles. The van der Waals surface area contributed by atoms with E-state index < -0.39 is 11.7 Å². The fraction of sp³-hybridized carbons (Fsp3) is 0.571. The summed E-state index contributed by atoms with van der Waals surface area (Å²) in [6.45, 7) is 6.07. The van der Waals surface area contributed by atoms with Crippen molar-refractivity contribution in [1.29, 1.82) is 0 Å². The van der Waals surface area contributed by atoms with Crippen molar-refractivity contribution in [2.24, 2.45) is 0 Å². The van der Waals surface area contributed by atoms with Crippen LogP contribution in [-0.4, -0.2) is 24.0 Å². The quantitative estimate of drug-likeness (QED) is 0.776. The zero-order chi connectivity index (χ0) is 13.3. The van der Waals surface area contributed by atoms with E-state index in [1.54, 1.807) is 0 Å². The predicted molar refractivity (Wildman–Crippen MR) is 65.5 cm³/mol. The molecule has 2 rings (SSSR count). The van der Waals surface area contributed by atoms with Crippen LogP contribution in [-0.2, 0) is 6.18 Å². The Morgan fingerprint density at radius 1 is 1.28 bits per heavy atom. The summed E-state index contributed by atoms with van der Waals surface area (Å²) in [7, 11) is 0. The smallest absolute Gasteiger partial charge is 0.300 e. The second kappa shape index (κ2) is 4.92. The molecule has 1 aromatic carbocycles. The van der Waals surface area contributed by atoms with E-state index in [1.807, 2.05) is 6.07 Å². The summed E-state index contributed by atoms with van der Waals surface area (Å²) in [4.78, 5) is 2.31. The lowest BCUT2D eigenvalue weighted by Crippen LogP contribution is -2.27. The van der Waals surface area contributed by atoms with E-state index in [2.05, 4.69) is 18.7 Å². The fourth-order valence-electron chi connectivity index (χ4n) is 2.50. The van der Waals surface area contributed by atoms with Crippen molar-refractivity contribution in [3.63, 3.8) is 0 Å². The SMILES string of the molecule is CC(C)N1CCC(c2cccc(C(F)(F)F)c2)C1. The number of benzene rings is 1. The van der Waals surface area contributed by atoms with Crippen molar-refractivity contribution >= 4 is 0 Å². The molecule has 0 amide bonds.